The van der Waals surface area contributed by atoms with E-state index in [0.29, 0.717) is 31.6 Å². The van der Waals surface area contributed by atoms with Crippen LogP contribution in [0.1, 0.15) is 11.1 Å². The second kappa shape index (κ2) is 7.79. The molecule has 1 saturated heterocycles. The van der Waals surface area contributed by atoms with E-state index in [4.69, 9.17) is 40.2 Å². The lowest BCUT2D eigenvalue weighted by Crippen LogP contribution is -2.22. The molecule has 0 N–H and O–H groups in total. The predicted molar refractivity (Wildman–Crippen MR) is 108 cm³/mol. The molecule has 0 aliphatic carbocycles. The van der Waals surface area contributed by atoms with Crippen molar-refractivity contribution in [3.63, 3.8) is 0 Å². The van der Waals surface area contributed by atoms with Crippen LogP contribution in [0.25, 0.3) is 6.08 Å². The summed E-state index contributed by atoms with van der Waals surface area (Å²) in [4.78, 5) is 14.2. The molecular formula is C18H13Cl2NO2S2. The number of thioether (sulfide) groups is 1. The molecule has 0 saturated carbocycles. The van der Waals surface area contributed by atoms with Crippen LogP contribution in [-0.4, -0.2) is 22.2 Å². The summed E-state index contributed by atoms with van der Waals surface area (Å²) in [5.41, 5.74) is 1.64. The molecule has 1 fully saturated rings. The second-order valence-electron chi connectivity index (χ2n) is 5.30. The molecular weight excluding hydrogens is 397 g/mol. The minimum Gasteiger partial charge on any atom is -0.488 e. The molecule has 1 aliphatic heterocycles. The van der Waals surface area contributed by atoms with E-state index >= 15 is 0 Å². The van der Waals surface area contributed by atoms with Crippen molar-refractivity contribution in [1.82, 2.24) is 4.90 Å². The Bertz CT molecular complexity index is 883. The molecule has 2 aromatic carbocycles. The van der Waals surface area contributed by atoms with Crippen LogP contribution >= 0.6 is 47.2 Å². The Balaban J connectivity index is 1.82. The SMILES string of the molecule is CN1C(=O)/C(=C\c2ccccc2OCc2ccc(Cl)cc2Cl)SC1=S. The first-order valence-electron chi connectivity index (χ1n) is 7.33. The first-order chi connectivity index (χ1) is 12.0. The first kappa shape index (κ1) is 18.3. The molecule has 1 heterocycles. The molecule has 3 nitrogen and oxygen atoms in total. The lowest BCUT2D eigenvalue weighted by atomic mass is 10.1. The van der Waals surface area contributed by atoms with Crippen molar-refractivity contribution in [2.75, 3.05) is 7.05 Å². The number of ether oxygens (including phenoxy) is 1. The number of rotatable bonds is 4. The van der Waals surface area contributed by atoms with Crippen LogP contribution in [0.2, 0.25) is 10.0 Å². The number of benzene rings is 2. The maximum atomic E-state index is 12.2. The molecule has 1 aliphatic rings. The number of carbonyl (C=O) groups is 1. The van der Waals surface area contributed by atoms with Crippen LogP contribution in [0, 0.1) is 0 Å². The average molecular weight is 410 g/mol. The minimum atomic E-state index is -0.106. The van der Waals surface area contributed by atoms with E-state index < -0.39 is 0 Å². The molecule has 2 aromatic rings. The number of halogens is 2. The van der Waals surface area contributed by atoms with Crippen molar-refractivity contribution in [1.29, 1.82) is 0 Å². The van der Waals surface area contributed by atoms with E-state index in [1.54, 1.807) is 25.3 Å². The third-order valence-electron chi connectivity index (χ3n) is 3.59. The van der Waals surface area contributed by atoms with Gasteiger partial charge in [0, 0.05) is 28.2 Å². The van der Waals surface area contributed by atoms with Gasteiger partial charge < -0.3 is 4.74 Å². The van der Waals surface area contributed by atoms with Gasteiger partial charge in [0.1, 0.15) is 16.7 Å². The molecule has 25 heavy (non-hydrogen) atoms. The number of carbonyl (C=O) groups excluding carboxylic acids is 1. The molecule has 0 radical (unpaired) electrons. The van der Waals surface area contributed by atoms with Crippen LogP contribution in [0.4, 0.5) is 0 Å². The summed E-state index contributed by atoms with van der Waals surface area (Å²) in [7, 11) is 1.67. The highest BCUT2D eigenvalue weighted by Crippen LogP contribution is 2.33. The third-order valence-corrected chi connectivity index (χ3v) is 5.66. The van der Waals surface area contributed by atoms with E-state index in [9.17, 15) is 4.79 Å². The van der Waals surface area contributed by atoms with Crippen molar-refractivity contribution < 1.29 is 9.53 Å². The minimum absolute atomic E-state index is 0.106. The van der Waals surface area contributed by atoms with Gasteiger partial charge in [-0.2, -0.15) is 0 Å². The highest BCUT2D eigenvalue weighted by atomic mass is 35.5. The third kappa shape index (κ3) is 4.18. The molecule has 3 rings (SSSR count). The smallest absolute Gasteiger partial charge is 0.265 e. The Kier molecular flexibility index (Phi) is 5.69. The molecule has 0 unspecified atom stereocenters. The predicted octanol–water partition coefficient (Wildman–Crippen LogP) is 5.40. The fraction of sp³-hybridized carbons (Fsp3) is 0.111. The van der Waals surface area contributed by atoms with Gasteiger partial charge in [0.15, 0.2) is 0 Å². The highest BCUT2D eigenvalue weighted by molar-refractivity contribution is 8.26. The van der Waals surface area contributed by atoms with Crippen LogP contribution in [0.3, 0.4) is 0 Å². The molecule has 7 heteroatoms. The van der Waals surface area contributed by atoms with E-state index in [1.807, 2.05) is 30.3 Å². The van der Waals surface area contributed by atoms with Crippen molar-refractivity contribution in [3.05, 3.63) is 68.5 Å². The molecule has 1 amide bonds. The van der Waals surface area contributed by atoms with Gasteiger partial charge in [-0.3, -0.25) is 9.69 Å². The van der Waals surface area contributed by atoms with Gasteiger partial charge in [-0.25, -0.2) is 0 Å². The maximum absolute atomic E-state index is 12.2. The number of amides is 1. The fourth-order valence-electron chi connectivity index (χ4n) is 2.21. The van der Waals surface area contributed by atoms with Crippen molar-refractivity contribution in [2.24, 2.45) is 0 Å². The van der Waals surface area contributed by atoms with Crippen molar-refractivity contribution in [2.45, 2.75) is 6.61 Å². The maximum Gasteiger partial charge on any atom is 0.265 e. The number of hydrogen-bond donors (Lipinski definition) is 0. The average Bonchev–Trinajstić information content (AvgIpc) is 2.82. The Labute approximate surface area is 165 Å². The number of para-hydroxylation sites is 1. The zero-order valence-corrected chi connectivity index (χ0v) is 16.3. The fourth-order valence-corrected chi connectivity index (χ4v) is 3.85. The van der Waals surface area contributed by atoms with Crippen LogP contribution < -0.4 is 4.74 Å². The topological polar surface area (TPSA) is 29.5 Å². The van der Waals surface area contributed by atoms with Gasteiger partial charge >= 0.3 is 0 Å². The lowest BCUT2D eigenvalue weighted by molar-refractivity contribution is -0.121. The summed E-state index contributed by atoms with van der Waals surface area (Å²) in [5, 5.41) is 1.13. The van der Waals surface area contributed by atoms with E-state index in [0.717, 1.165) is 11.1 Å². The lowest BCUT2D eigenvalue weighted by Gasteiger charge is -2.11. The highest BCUT2D eigenvalue weighted by Gasteiger charge is 2.28. The van der Waals surface area contributed by atoms with Crippen molar-refractivity contribution >= 4 is 63.5 Å². The van der Waals surface area contributed by atoms with E-state index in [-0.39, 0.29) is 5.91 Å². The quantitative estimate of drug-likeness (QED) is 0.499. The molecule has 0 aromatic heterocycles. The summed E-state index contributed by atoms with van der Waals surface area (Å²) in [6.07, 6.45) is 1.79. The number of likely N-dealkylation sites (N-methyl/N-ethyl adjacent to an activating group) is 1. The molecule has 0 bridgehead atoms. The Morgan fingerprint density at radius 3 is 2.68 bits per heavy atom. The normalized spacial score (nSPS) is 16.0. The number of thiocarbonyl (C=S) groups is 1. The Morgan fingerprint density at radius 1 is 1.24 bits per heavy atom. The molecule has 0 atom stereocenters. The first-order valence-corrected chi connectivity index (χ1v) is 9.31. The number of hydrogen-bond acceptors (Lipinski definition) is 4. The van der Waals surface area contributed by atoms with Crippen LogP contribution in [0.5, 0.6) is 5.75 Å². The number of nitrogens with zero attached hydrogens (tertiary/aromatic N) is 1. The van der Waals surface area contributed by atoms with Crippen LogP contribution in [-0.2, 0) is 11.4 Å². The van der Waals surface area contributed by atoms with Gasteiger partial charge in [-0.15, -0.1) is 0 Å². The van der Waals surface area contributed by atoms with Gasteiger partial charge in [-0.1, -0.05) is 71.4 Å². The van der Waals surface area contributed by atoms with Gasteiger partial charge in [0.2, 0.25) is 0 Å². The summed E-state index contributed by atoms with van der Waals surface area (Å²) >= 11 is 18.5. The van der Waals surface area contributed by atoms with Crippen molar-refractivity contribution in [3.8, 4) is 5.75 Å². The summed E-state index contributed by atoms with van der Waals surface area (Å²) in [6, 6.07) is 12.8. The Hall–Kier alpha value is -1.53. The zero-order chi connectivity index (χ0) is 18.0. The summed E-state index contributed by atoms with van der Waals surface area (Å²) in [5.74, 6) is 0.556. The molecule has 128 valence electrons. The van der Waals surface area contributed by atoms with Gasteiger partial charge in [0.25, 0.3) is 5.91 Å². The molecule has 0 spiro atoms. The largest absolute Gasteiger partial charge is 0.488 e. The summed E-state index contributed by atoms with van der Waals surface area (Å²) in [6.45, 7) is 0.301. The monoisotopic (exact) mass is 409 g/mol. The van der Waals surface area contributed by atoms with Gasteiger partial charge in [-0.05, 0) is 24.3 Å². The van der Waals surface area contributed by atoms with Gasteiger partial charge in [0.05, 0.1) is 4.91 Å². The zero-order valence-electron chi connectivity index (χ0n) is 13.2. The van der Waals surface area contributed by atoms with E-state index in [1.165, 1.54) is 16.7 Å². The Morgan fingerprint density at radius 2 is 2.00 bits per heavy atom. The van der Waals surface area contributed by atoms with Crippen LogP contribution in [0.15, 0.2) is 47.4 Å². The standard InChI is InChI=1S/C18H13Cl2NO2S2/c1-21-17(22)16(25-18(21)24)8-11-4-2-3-5-15(11)23-10-12-6-7-13(19)9-14(12)20/h2-9H,10H2,1H3/b16-8+. The van der Waals surface area contributed by atoms with E-state index in [2.05, 4.69) is 0 Å². The summed E-state index contributed by atoms with van der Waals surface area (Å²) < 4.78 is 6.45. The second-order valence-corrected chi connectivity index (χ2v) is 7.82.